The van der Waals surface area contributed by atoms with Crippen molar-refractivity contribution in [2.24, 2.45) is 5.41 Å². The van der Waals surface area contributed by atoms with Crippen LogP contribution in [0.5, 0.6) is 0 Å². The van der Waals surface area contributed by atoms with E-state index in [2.05, 4.69) is 50.2 Å². The molecule has 0 bridgehead atoms. The van der Waals surface area contributed by atoms with E-state index in [9.17, 15) is 0 Å². The minimum atomic E-state index is 0.150. The fraction of sp³-hybridized carbons (Fsp3) is 0.455. The molecule has 1 aromatic rings. The zero-order chi connectivity index (χ0) is 9.90. The number of rotatable bonds is 3. The second-order valence-electron chi connectivity index (χ2n) is 4.16. The van der Waals surface area contributed by atoms with E-state index in [1.54, 1.807) is 11.3 Å². The van der Waals surface area contributed by atoms with Gasteiger partial charge in [0.2, 0.25) is 0 Å². The van der Waals surface area contributed by atoms with Crippen molar-refractivity contribution in [3.8, 4) is 0 Å². The van der Waals surface area contributed by atoms with Crippen LogP contribution in [-0.4, -0.2) is 0 Å². The summed E-state index contributed by atoms with van der Waals surface area (Å²) in [5, 5.41) is 5.44. The Morgan fingerprint density at radius 2 is 2.23 bits per heavy atom. The van der Waals surface area contributed by atoms with E-state index in [1.807, 2.05) is 0 Å². The largest absolute Gasteiger partial charge is 0.383 e. The van der Waals surface area contributed by atoms with Gasteiger partial charge in [-0.2, -0.15) is 0 Å². The van der Waals surface area contributed by atoms with Crippen LogP contribution >= 0.6 is 11.3 Å². The third-order valence-corrected chi connectivity index (χ3v) is 2.84. The molecule has 0 radical (unpaired) electrons. The highest BCUT2D eigenvalue weighted by Crippen LogP contribution is 2.21. The number of nitrogens with one attached hydrogen (secondary N) is 1. The molecule has 0 fully saturated rings. The van der Waals surface area contributed by atoms with Gasteiger partial charge in [-0.3, -0.25) is 0 Å². The first-order valence-corrected chi connectivity index (χ1v) is 5.34. The lowest BCUT2D eigenvalue weighted by molar-refractivity contribution is 0.462. The molecule has 2 heteroatoms. The lowest BCUT2D eigenvalue weighted by Gasteiger charge is -2.22. The second kappa shape index (κ2) is 3.97. The zero-order valence-corrected chi connectivity index (χ0v) is 9.37. The van der Waals surface area contributed by atoms with Crippen LogP contribution in [0.3, 0.4) is 0 Å². The van der Waals surface area contributed by atoms with Crippen molar-refractivity contribution in [2.45, 2.75) is 27.3 Å². The summed E-state index contributed by atoms with van der Waals surface area (Å²) < 4.78 is 0. The maximum atomic E-state index is 4.02. The first kappa shape index (κ1) is 10.3. The average molecular weight is 195 g/mol. The molecule has 72 valence electrons. The number of hydrogen-bond acceptors (Lipinski definition) is 2. The SMILES string of the molecule is C=C(NCc1cccs1)C(C)(C)C. The van der Waals surface area contributed by atoms with E-state index in [0.717, 1.165) is 12.2 Å². The Morgan fingerprint density at radius 1 is 1.54 bits per heavy atom. The summed E-state index contributed by atoms with van der Waals surface area (Å²) in [6.45, 7) is 11.4. The minimum absolute atomic E-state index is 0.150. The molecule has 1 aromatic heterocycles. The molecule has 1 N–H and O–H groups in total. The van der Waals surface area contributed by atoms with E-state index in [1.165, 1.54) is 4.88 Å². The third kappa shape index (κ3) is 3.23. The normalized spacial score (nSPS) is 11.3. The van der Waals surface area contributed by atoms with Crippen LogP contribution in [0, 0.1) is 5.41 Å². The van der Waals surface area contributed by atoms with Gasteiger partial charge < -0.3 is 5.32 Å². The molecule has 0 amide bonds. The van der Waals surface area contributed by atoms with Crippen molar-refractivity contribution in [1.29, 1.82) is 0 Å². The lowest BCUT2D eigenvalue weighted by Crippen LogP contribution is -2.22. The maximum absolute atomic E-state index is 4.02. The fourth-order valence-electron chi connectivity index (χ4n) is 0.872. The van der Waals surface area contributed by atoms with Gasteiger partial charge in [0.15, 0.2) is 0 Å². The van der Waals surface area contributed by atoms with Gasteiger partial charge >= 0.3 is 0 Å². The molecular weight excluding hydrogens is 178 g/mol. The molecule has 0 aromatic carbocycles. The third-order valence-electron chi connectivity index (χ3n) is 1.96. The highest BCUT2D eigenvalue weighted by atomic mass is 32.1. The maximum Gasteiger partial charge on any atom is 0.0491 e. The Kier molecular flexibility index (Phi) is 3.15. The van der Waals surface area contributed by atoms with E-state index >= 15 is 0 Å². The molecule has 13 heavy (non-hydrogen) atoms. The van der Waals surface area contributed by atoms with Crippen molar-refractivity contribution < 1.29 is 0 Å². The van der Waals surface area contributed by atoms with Crippen LogP contribution in [0.4, 0.5) is 0 Å². The van der Waals surface area contributed by atoms with Crippen molar-refractivity contribution in [1.82, 2.24) is 5.32 Å². The Morgan fingerprint density at radius 3 is 2.69 bits per heavy atom. The average Bonchev–Trinajstić information content (AvgIpc) is 2.50. The molecule has 0 saturated heterocycles. The van der Waals surface area contributed by atoms with E-state index in [0.29, 0.717) is 0 Å². The minimum Gasteiger partial charge on any atom is -0.383 e. The van der Waals surface area contributed by atoms with E-state index in [4.69, 9.17) is 0 Å². The van der Waals surface area contributed by atoms with Crippen LogP contribution in [0.15, 0.2) is 29.8 Å². The molecule has 1 rings (SSSR count). The zero-order valence-electron chi connectivity index (χ0n) is 8.55. The first-order valence-electron chi connectivity index (χ1n) is 4.46. The Labute approximate surface area is 84.5 Å². The molecule has 1 nitrogen and oxygen atoms in total. The highest BCUT2D eigenvalue weighted by Gasteiger charge is 2.13. The van der Waals surface area contributed by atoms with E-state index < -0.39 is 0 Å². The Hall–Kier alpha value is -0.760. The number of hydrogen-bond donors (Lipinski definition) is 1. The summed E-state index contributed by atoms with van der Waals surface area (Å²) in [6.07, 6.45) is 0. The van der Waals surface area contributed by atoms with Gasteiger partial charge in [-0.1, -0.05) is 33.4 Å². The standard InChI is InChI=1S/C11H17NS/c1-9(11(2,3)4)12-8-10-6-5-7-13-10/h5-7,12H,1,8H2,2-4H3. The van der Waals surface area contributed by atoms with Crippen LogP contribution < -0.4 is 5.32 Å². The summed E-state index contributed by atoms with van der Waals surface area (Å²) in [4.78, 5) is 1.35. The topological polar surface area (TPSA) is 12.0 Å². The molecule has 0 aliphatic rings. The molecule has 0 saturated carbocycles. The van der Waals surface area contributed by atoms with Crippen molar-refractivity contribution in [3.63, 3.8) is 0 Å². The Balaban J connectivity index is 2.40. The highest BCUT2D eigenvalue weighted by molar-refractivity contribution is 7.09. The van der Waals surface area contributed by atoms with Crippen LogP contribution in [0.25, 0.3) is 0 Å². The number of thiophene rings is 1. The smallest absolute Gasteiger partial charge is 0.0491 e. The van der Waals surface area contributed by atoms with Gasteiger partial charge in [-0.05, 0) is 11.4 Å². The summed E-state index contributed by atoms with van der Waals surface area (Å²) in [5.41, 5.74) is 1.25. The lowest BCUT2D eigenvalue weighted by atomic mass is 9.93. The molecule has 0 unspecified atom stereocenters. The number of allylic oxidation sites excluding steroid dienone is 1. The van der Waals surface area contributed by atoms with Gasteiger partial charge in [0, 0.05) is 22.5 Å². The van der Waals surface area contributed by atoms with Crippen molar-refractivity contribution in [2.75, 3.05) is 0 Å². The van der Waals surface area contributed by atoms with Gasteiger partial charge in [0.1, 0.15) is 0 Å². The summed E-state index contributed by atoms with van der Waals surface area (Å²) >= 11 is 1.77. The summed E-state index contributed by atoms with van der Waals surface area (Å²) in [5.74, 6) is 0. The molecule has 0 aliphatic heterocycles. The monoisotopic (exact) mass is 195 g/mol. The van der Waals surface area contributed by atoms with E-state index in [-0.39, 0.29) is 5.41 Å². The van der Waals surface area contributed by atoms with Gasteiger partial charge in [0.05, 0.1) is 0 Å². The molecular formula is C11H17NS. The predicted octanol–water partition coefficient (Wildman–Crippen LogP) is 3.40. The van der Waals surface area contributed by atoms with Gasteiger partial charge in [0.25, 0.3) is 0 Å². The van der Waals surface area contributed by atoms with Gasteiger partial charge in [-0.15, -0.1) is 11.3 Å². The van der Waals surface area contributed by atoms with Crippen molar-refractivity contribution in [3.05, 3.63) is 34.7 Å². The van der Waals surface area contributed by atoms with Crippen LogP contribution in [-0.2, 0) is 6.54 Å². The summed E-state index contributed by atoms with van der Waals surface area (Å²) in [7, 11) is 0. The molecule has 0 aliphatic carbocycles. The molecule has 0 spiro atoms. The van der Waals surface area contributed by atoms with Crippen molar-refractivity contribution >= 4 is 11.3 Å². The second-order valence-corrected chi connectivity index (χ2v) is 5.19. The first-order chi connectivity index (χ1) is 6.00. The molecule has 0 atom stereocenters. The predicted molar refractivity (Wildman–Crippen MR) is 59.8 cm³/mol. The molecule has 1 heterocycles. The van der Waals surface area contributed by atoms with Crippen LogP contribution in [0.1, 0.15) is 25.6 Å². The summed E-state index contributed by atoms with van der Waals surface area (Å²) in [6, 6.07) is 4.20. The van der Waals surface area contributed by atoms with Crippen LogP contribution in [0.2, 0.25) is 0 Å². The van der Waals surface area contributed by atoms with Gasteiger partial charge in [-0.25, -0.2) is 0 Å². The Bertz CT molecular complexity index is 267. The fourth-order valence-corrected chi connectivity index (χ4v) is 1.52. The quantitative estimate of drug-likeness (QED) is 0.779.